The summed E-state index contributed by atoms with van der Waals surface area (Å²) in [7, 11) is 0. The molecule has 0 saturated carbocycles. The van der Waals surface area contributed by atoms with Crippen LogP contribution in [0.3, 0.4) is 0 Å². The fraction of sp³-hybridized carbons (Fsp3) is 0.538. The summed E-state index contributed by atoms with van der Waals surface area (Å²) >= 11 is 3.18. The molecule has 1 aromatic rings. The second kappa shape index (κ2) is 5.36. The van der Waals surface area contributed by atoms with Gasteiger partial charge in [-0.05, 0) is 48.0 Å². The van der Waals surface area contributed by atoms with Gasteiger partial charge in [0.15, 0.2) is 0 Å². The van der Waals surface area contributed by atoms with Crippen LogP contribution < -0.4 is 4.90 Å². The molecular formula is C13H18BrFN2. The Bertz CT molecular complexity index is 387. The van der Waals surface area contributed by atoms with Crippen molar-refractivity contribution in [3.05, 3.63) is 28.5 Å². The Hall–Kier alpha value is -0.610. The van der Waals surface area contributed by atoms with Crippen molar-refractivity contribution >= 4 is 21.6 Å². The summed E-state index contributed by atoms with van der Waals surface area (Å²) in [6, 6.07) is 5.95. The summed E-state index contributed by atoms with van der Waals surface area (Å²) in [4.78, 5) is 4.69. The van der Waals surface area contributed by atoms with Crippen molar-refractivity contribution in [2.24, 2.45) is 0 Å². The maximum absolute atomic E-state index is 13.5. The molecule has 0 N–H and O–H groups in total. The Balaban J connectivity index is 2.03. The zero-order chi connectivity index (χ0) is 12.4. The average molecular weight is 301 g/mol. The van der Waals surface area contributed by atoms with Crippen LogP contribution in [0.5, 0.6) is 0 Å². The van der Waals surface area contributed by atoms with Crippen LogP contribution in [0.2, 0.25) is 0 Å². The number of halogens is 2. The molecule has 0 unspecified atom stereocenters. The highest BCUT2D eigenvalue weighted by Gasteiger charge is 2.19. The summed E-state index contributed by atoms with van der Waals surface area (Å²) in [5.41, 5.74) is 0.981. The molecule has 0 aromatic heterocycles. The van der Waals surface area contributed by atoms with E-state index in [0.29, 0.717) is 10.5 Å². The van der Waals surface area contributed by atoms with Crippen molar-refractivity contribution in [2.75, 3.05) is 31.1 Å². The van der Waals surface area contributed by atoms with Crippen LogP contribution in [0, 0.1) is 5.82 Å². The number of piperazine rings is 1. The van der Waals surface area contributed by atoms with Gasteiger partial charge in [-0.25, -0.2) is 4.39 Å². The van der Waals surface area contributed by atoms with Gasteiger partial charge in [-0.3, -0.25) is 4.90 Å². The summed E-state index contributed by atoms with van der Waals surface area (Å²) < 4.78 is 14.0. The molecule has 1 aliphatic rings. The molecule has 2 rings (SSSR count). The van der Waals surface area contributed by atoms with Crippen molar-refractivity contribution in [3.8, 4) is 0 Å². The van der Waals surface area contributed by atoms with Crippen LogP contribution in [0.25, 0.3) is 0 Å². The Kier molecular flexibility index (Phi) is 4.05. The highest BCUT2D eigenvalue weighted by Crippen LogP contribution is 2.23. The van der Waals surface area contributed by atoms with Crippen LogP contribution in [0.1, 0.15) is 13.8 Å². The predicted octanol–water partition coefficient (Wildman–Crippen LogP) is 3.12. The fourth-order valence-corrected chi connectivity index (χ4v) is 2.42. The first kappa shape index (κ1) is 12.8. The van der Waals surface area contributed by atoms with E-state index in [0.717, 1.165) is 31.9 Å². The number of hydrogen-bond donors (Lipinski definition) is 0. The molecule has 1 heterocycles. The number of anilines is 1. The molecule has 1 aliphatic heterocycles. The Labute approximate surface area is 111 Å². The third-order valence-corrected chi connectivity index (χ3v) is 3.96. The van der Waals surface area contributed by atoms with Gasteiger partial charge in [-0.15, -0.1) is 0 Å². The molecule has 1 saturated heterocycles. The van der Waals surface area contributed by atoms with Gasteiger partial charge in [0.1, 0.15) is 5.82 Å². The molecule has 4 heteroatoms. The van der Waals surface area contributed by atoms with Crippen LogP contribution in [0.4, 0.5) is 10.1 Å². The summed E-state index contributed by atoms with van der Waals surface area (Å²) in [5.74, 6) is -0.186. The Morgan fingerprint density at radius 1 is 1.18 bits per heavy atom. The highest BCUT2D eigenvalue weighted by atomic mass is 79.9. The van der Waals surface area contributed by atoms with Gasteiger partial charge in [0.25, 0.3) is 0 Å². The standard InChI is InChI=1S/C13H18BrFN2/c1-10(2)16-5-7-17(8-6-16)11-3-4-12(14)13(15)9-11/h3-4,9-10H,5-8H2,1-2H3. The van der Waals surface area contributed by atoms with Gasteiger partial charge in [0.2, 0.25) is 0 Å². The molecule has 2 nitrogen and oxygen atoms in total. The first-order valence-electron chi connectivity index (χ1n) is 6.02. The average Bonchev–Trinajstić information content (AvgIpc) is 2.33. The lowest BCUT2D eigenvalue weighted by molar-refractivity contribution is 0.209. The summed E-state index contributed by atoms with van der Waals surface area (Å²) in [6.45, 7) is 8.48. The Morgan fingerprint density at radius 2 is 1.82 bits per heavy atom. The quantitative estimate of drug-likeness (QED) is 0.828. The predicted molar refractivity (Wildman–Crippen MR) is 73.0 cm³/mol. The lowest BCUT2D eigenvalue weighted by atomic mass is 10.2. The van der Waals surface area contributed by atoms with Crippen LogP contribution in [-0.4, -0.2) is 37.1 Å². The molecule has 0 atom stereocenters. The second-order valence-corrected chi connectivity index (χ2v) is 5.57. The molecular weight excluding hydrogens is 283 g/mol. The van der Waals surface area contributed by atoms with Crippen molar-refractivity contribution < 1.29 is 4.39 Å². The van der Waals surface area contributed by atoms with E-state index in [1.165, 1.54) is 0 Å². The van der Waals surface area contributed by atoms with Crippen LogP contribution >= 0.6 is 15.9 Å². The first-order valence-corrected chi connectivity index (χ1v) is 6.81. The van der Waals surface area contributed by atoms with E-state index in [2.05, 4.69) is 39.6 Å². The number of nitrogens with zero attached hydrogens (tertiary/aromatic N) is 2. The third kappa shape index (κ3) is 2.99. The van der Waals surface area contributed by atoms with Crippen molar-refractivity contribution in [1.29, 1.82) is 0 Å². The van der Waals surface area contributed by atoms with E-state index in [9.17, 15) is 4.39 Å². The third-order valence-electron chi connectivity index (χ3n) is 3.31. The van der Waals surface area contributed by atoms with Gasteiger partial charge in [-0.1, -0.05) is 0 Å². The molecule has 0 bridgehead atoms. The minimum atomic E-state index is -0.186. The van der Waals surface area contributed by atoms with Gasteiger partial charge in [0, 0.05) is 37.9 Å². The molecule has 0 spiro atoms. The summed E-state index contributed by atoms with van der Waals surface area (Å²) in [5, 5.41) is 0. The van der Waals surface area contributed by atoms with Gasteiger partial charge < -0.3 is 4.90 Å². The number of benzene rings is 1. The molecule has 0 radical (unpaired) electrons. The van der Waals surface area contributed by atoms with E-state index in [1.54, 1.807) is 12.1 Å². The molecule has 0 amide bonds. The largest absolute Gasteiger partial charge is 0.369 e. The van der Waals surface area contributed by atoms with E-state index in [-0.39, 0.29) is 5.82 Å². The SMILES string of the molecule is CC(C)N1CCN(c2ccc(Br)c(F)c2)CC1. The fourth-order valence-electron chi connectivity index (χ4n) is 2.18. The number of hydrogen-bond acceptors (Lipinski definition) is 2. The zero-order valence-corrected chi connectivity index (χ0v) is 11.9. The van der Waals surface area contributed by atoms with E-state index in [4.69, 9.17) is 0 Å². The van der Waals surface area contributed by atoms with Gasteiger partial charge in [-0.2, -0.15) is 0 Å². The number of rotatable bonds is 2. The lowest BCUT2D eigenvalue weighted by Crippen LogP contribution is -2.48. The maximum Gasteiger partial charge on any atom is 0.139 e. The minimum Gasteiger partial charge on any atom is -0.369 e. The van der Waals surface area contributed by atoms with Crippen molar-refractivity contribution in [2.45, 2.75) is 19.9 Å². The highest BCUT2D eigenvalue weighted by molar-refractivity contribution is 9.10. The van der Waals surface area contributed by atoms with Crippen molar-refractivity contribution in [3.63, 3.8) is 0 Å². The normalized spacial score (nSPS) is 17.8. The van der Waals surface area contributed by atoms with Gasteiger partial charge in [0.05, 0.1) is 4.47 Å². The molecule has 1 fully saturated rings. The topological polar surface area (TPSA) is 6.48 Å². The van der Waals surface area contributed by atoms with E-state index < -0.39 is 0 Å². The van der Waals surface area contributed by atoms with Crippen LogP contribution in [-0.2, 0) is 0 Å². The minimum absolute atomic E-state index is 0.186. The maximum atomic E-state index is 13.5. The lowest BCUT2D eigenvalue weighted by Gasteiger charge is -2.38. The zero-order valence-electron chi connectivity index (χ0n) is 10.3. The van der Waals surface area contributed by atoms with Crippen molar-refractivity contribution in [1.82, 2.24) is 4.90 Å². The summed E-state index contributed by atoms with van der Waals surface area (Å²) in [6.07, 6.45) is 0. The smallest absolute Gasteiger partial charge is 0.139 e. The first-order chi connectivity index (χ1) is 8.08. The van der Waals surface area contributed by atoms with E-state index >= 15 is 0 Å². The molecule has 17 heavy (non-hydrogen) atoms. The monoisotopic (exact) mass is 300 g/mol. The second-order valence-electron chi connectivity index (χ2n) is 4.72. The molecule has 0 aliphatic carbocycles. The van der Waals surface area contributed by atoms with Crippen LogP contribution in [0.15, 0.2) is 22.7 Å². The van der Waals surface area contributed by atoms with Gasteiger partial charge >= 0.3 is 0 Å². The Morgan fingerprint density at radius 3 is 2.35 bits per heavy atom. The van der Waals surface area contributed by atoms with E-state index in [1.807, 2.05) is 6.07 Å². The molecule has 1 aromatic carbocycles. The molecule has 94 valence electrons.